The van der Waals surface area contributed by atoms with Crippen molar-refractivity contribution >= 4 is 11.8 Å². The van der Waals surface area contributed by atoms with Crippen molar-refractivity contribution in [2.45, 2.75) is 85.5 Å². The van der Waals surface area contributed by atoms with Crippen molar-refractivity contribution in [2.75, 3.05) is 6.61 Å². The Morgan fingerprint density at radius 1 is 0.850 bits per heavy atom. The van der Waals surface area contributed by atoms with Crippen LogP contribution in [-0.2, 0) is 14.3 Å². The second-order valence-corrected chi connectivity index (χ2v) is 6.55. The van der Waals surface area contributed by atoms with Crippen molar-refractivity contribution in [1.29, 1.82) is 0 Å². The molecule has 0 aromatic heterocycles. The molecule has 0 fully saturated rings. The van der Waals surface area contributed by atoms with E-state index in [9.17, 15) is 9.59 Å². The summed E-state index contributed by atoms with van der Waals surface area (Å²) in [5.41, 5.74) is -0.461. The van der Waals surface area contributed by atoms with Gasteiger partial charge in [-0.25, -0.2) is 0 Å². The molecule has 3 nitrogen and oxygen atoms in total. The van der Waals surface area contributed by atoms with Crippen LogP contribution in [-0.4, -0.2) is 18.4 Å². The van der Waals surface area contributed by atoms with Gasteiger partial charge in [0.2, 0.25) is 0 Å². The average Bonchev–Trinajstić information content (AvgIpc) is 2.35. The van der Waals surface area contributed by atoms with Gasteiger partial charge >= 0.3 is 5.97 Å². The monoisotopic (exact) mass is 284 g/mol. The van der Waals surface area contributed by atoms with Gasteiger partial charge in [-0.3, -0.25) is 9.59 Å². The highest BCUT2D eigenvalue weighted by Crippen LogP contribution is 2.17. The molecule has 0 saturated heterocycles. The molecule has 0 aliphatic heterocycles. The molecule has 0 unspecified atom stereocenters. The summed E-state index contributed by atoms with van der Waals surface area (Å²) in [6, 6.07) is 0. The first kappa shape index (κ1) is 19.1. The zero-order valence-corrected chi connectivity index (χ0v) is 13.8. The van der Waals surface area contributed by atoms with Gasteiger partial charge in [0, 0.05) is 5.41 Å². The summed E-state index contributed by atoms with van der Waals surface area (Å²) in [7, 11) is 0. The minimum Gasteiger partial charge on any atom is -0.465 e. The van der Waals surface area contributed by atoms with E-state index in [0.717, 1.165) is 12.8 Å². The lowest BCUT2D eigenvalue weighted by molar-refractivity contribution is -0.147. The third kappa shape index (κ3) is 11.0. The molecule has 0 rings (SSSR count). The molecule has 0 aromatic carbocycles. The van der Waals surface area contributed by atoms with Crippen LogP contribution in [0.2, 0.25) is 0 Å². The normalized spacial score (nSPS) is 11.4. The minimum atomic E-state index is -0.461. The zero-order valence-electron chi connectivity index (χ0n) is 13.8. The van der Waals surface area contributed by atoms with Crippen LogP contribution in [0.1, 0.15) is 85.5 Å². The molecule has 3 heteroatoms. The fourth-order valence-corrected chi connectivity index (χ4v) is 1.87. The van der Waals surface area contributed by atoms with E-state index in [1.54, 1.807) is 0 Å². The molecular formula is C17H32O3. The Morgan fingerprint density at radius 3 is 1.85 bits per heavy atom. The van der Waals surface area contributed by atoms with E-state index in [1.165, 1.54) is 38.5 Å². The van der Waals surface area contributed by atoms with Crippen LogP contribution in [0.4, 0.5) is 0 Å². The van der Waals surface area contributed by atoms with Gasteiger partial charge in [0.1, 0.15) is 12.2 Å². The lowest BCUT2D eigenvalue weighted by Gasteiger charge is -2.15. The molecule has 0 amide bonds. The SMILES string of the molecule is CCCCCCCCCCOC(=O)CC(=O)C(C)(C)C. The number of hydrogen-bond donors (Lipinski definition) is 0. The molecule has 0 radical (unpaired) electrons. The summed E-state index contributed by atoms with van der Waals surface area (Å²) >= 11 is 0. The van der Waals surface area contributed by atoms with Gasteiger partial charge in [-0.1, -0.05) is 72.6 Å². The molecule has 0 spiro atoms. The number of ether oxygens (including phenoxy) is 1. The maximum absolute atomic E-state index is 11.6. The minimum absolute atomic E-state index is 0.0570. The van der Waals surface area contributed by atoms with Gasteiger partial charge in [0.15, 0.2) is 0 Å². The quantitative estimate of drug-likeness (QED) is 0.314. The van der Waals surface area contributed by atoms with Crippen LogP contribution in [0.5, 0.6) is 0 Å². The van der Waals surface area contributed by atoms with Crippen molar-refractivity contribution in [1.82, 2.24) is 0 Å². The average molecular weight is 284 g/mol. The molecule has 0 aromatic rings. The number of hydrogen-bond acceptors (Lipinski definition) is 3. The van der Waals surface area contributed by atoms with Crippen LogP contribution in [0.15, 0.2) is 0 Å². The van der Waals surface area contributed by atoms with Gasteiger partial charge in [-0.2, -0.15) is 0 Å². The Bertz CT molecular complexity index is 276. The number of esters is 1. The van der Waals surface area contributed by atoms with E-state index in [1.807, 2.05) is 20.8 Å². The summed E-state index contributed by atoms with van der Waals surface area (Å²) in [5, 5.41) is 0. The zero-order chi connectivity index (χ0) is 15.4. The highest BCUT2D eigenvalue weighted by Gasteiger charge is 2.24. The summed E-state index contributed by atoms with van der Waals surface area (Å²) in [4.78, 5) is 23.1. The Morgan fingerprint density at radius 2 is 1.35 bits per heavy atom. The smallest absolute Gasteiger partial charge is 0.313 e. The third-order valence-electron chi connectivity index (χ3n) is 3.40. The standard InChI is InChI=1S/C17H32O3/c1-5-6-7-8-9-10-11-12-13-20-16(19)14-15(18)17(2,3)4/h5-14H2,1-4H3. The van der Waals surface area contributed by atoms with Gasteiger partial charge < -0.3 is 4.74 Å². The number of carbonyl (C=O) groups excluding carboxylic acids is 2. The van der Waals surface area contributed by atoms with E-state index in [-0.39, 0.29) is 18.2 Å². The van der Waals surface area contributed by atoms with Gasteiger partial charge in [0.25, 0.3) is 0 Å². The first-order valence-corrected chi connectivity index (χ1v) is 8.07. The topological polar surface area (TPSA) is 43.4 Å². The van der Waals surface area contributed by atoms with E-state index in [2.05, 4.69) is 6.92 Å². The second-order valence-electron chi connectivity index (χ2n) is 6.55. The summed E-state index contributed by atoms with van der Waals surface area (Å²) < 4.78 is 5.09. The molecule has 0 bridgehead atoms. The molecule has 0 aliphatic rings. The summed E-state index contributed by atoms with van der Waals surface area (Å²) in [6.45, 7) is 8.13. The molecule has 20 heavy (non-hydrogen) atoms. The summed E-state index contributed by atoms with van der Waals surface area (Å²) in [6.07, 6.45) is 9.66. The van der Waals surface area contributed by atoms with E-state index >= 15 is 0 Å². The maximum Gasteiger partial charge on any atom is 0.313 e. The van der Waals surface area contributed by atoms with Crippen molar-refractivity contribution < 1.29 is 14.3 Å². The molecule has 0 saturated carbocycles. The van der Waals surface area contributed by atoms with Crippen LogP contribution in [0.25, 0.3) is 0 Å². The predicted molar refractivity (Wildman–Crippen MR) is 82.6 cm³/mol. The fraction of sp³-hybridized carbons (Fsp3) is 0.882. The largest absolute Gasteiger partial charge is 0.465 e. The van der Waals surface area contributed by atoms with Crippen molar-refractivity contribution in [3.05, 3.63) is 0 Å². The second kappa shape index (κ2) is 10.9. The Labute approximate surface area is 124 Å². The fourth-order valence-electron chi connectivity index (χ4n) is 1.87. The van der Waals surface area contributed by atoms with E-state index in [0.29, 0.717) is 6.61 Å². The number of unbranched alkanes of at least 4 members (excludes halogenated alkanes) is 7. The summed E-state index contributed by atoms with van der Waals surface area (Å²) in [5.74, 6) is -0.439. The Kier molecular flexibility index (Phi) is 10.4. The van der Waals surface area contributed by atoms with Gasteiger partial charge in [-0.15, -0.1) is 0 Å². The van der Waals surface area contributed by atoms with Gasteiger partial charge in [-0.05, 0) is 6.42 Å². The first-order valence-electron chi connectivity index (χ1n) is 8.07. The molecular weight excluding hydrogens is 252 g/mol. The predicted octanol–water partition coefficient (Wildman–Crippen LogP) is 4.68. The molecule has 0 heterocycles. The van der Waals surface area contributed by atoms with Crippen LogP contribution < -0.4 is 0 Å². The molecule has 0 aliphatic carbocycles. The number of Topliss-reactive ketones (excluding diaryl/α,β-unsaturated/α-hetero) is 1. The Hall–Kier alpha value is -0.860. The van der Waals surface area contributed by atoms with E-state index in [4.69, 9.17) is 4.74 Å². The lowest BCUT2D eigenvalue weighted by Crippen LogP contribution is -2.24. The van der Waals surface area contributed by atoms with E-state index < -0.39 is 5.41 Å². The first-order chi connectivity index (χ1) is 9.38. The lowest BCUT2D eigenvalue weighted by atomic mass is 9.89. The highest BCUT2D eigenvalue weighted by atomic mass is 16.5. The van der Waals surface area contributed by atoms with Crippen LogP contribution in [0, 0.1) is 5.41 Å². The number of carbonyl (C=O) groups is 2. The number of ketones is 1. The molecule has 0 atom stereocenters. The third-order valence-corrected chi connectivity index (χ3v) is 3.40. The van der Waals surface area contributed by atoms with Gasteiger partial charge in [0.05, 0.1) is 6.61 Å². The maximum atomic E-state index is 11.6. The van der Waals surface area contributed by atoms with Crippen LogP contribution in [0.3, 0.4) is 0 Å². The molecule has 118 valence electrons. The molecule has 0 N–H and O–H groups in total. The van der Waals surface area contributed by atoms with Crippen molar-refractivity contribution in [3.63, 3.8) is 0 Å². The van der Waals surface area contributed by atoms with Crippen molar-refractivity contribution in [3.8, 4) is 0 Å². The number of rotatable bonds is 11. The van der Waals surface area contributed by atoms with Crippen LogP contribution >= 0.6 is 0 Å². The Balaban J connectivity index is 3.43. The van der Waals surface area contributed by atoms with Crippen molar-refractivity contribution in [2.24, 2.45) is 5.41 Å². The highest BCUT2D eigenvalue weighted by molar-refractivity contribution is 5.98.